The summed E-state index contributed by atoms with van der Waals surface area (Å²) in [5, 5.41) is 9.50. The van der Waals surface area contributed by atoms with Crippen LogP contribution in [0, 0.1) is 0 Å². The number of aliphatic carboxylic acids is 1. The molecule has 3 rings (SSSR count). The number of hydrogen-bond acceptors (Lipinski definition) is 3. The molecule has 1 aliphatic rings. The molecule has 148 valence electrons. The summed E-state index contributed by atoms with van der Waals surface area (Å²) >= 11 is 0. The van der Waals surface area contributed by atoms with Gasteiger partial charge in [-0.3, -0.25) is 4.79 Å². The van der Waals surface area contributed by atoms with E-state index in [-0.39, 0.29) is 37.1 Å². The van der Waals surface area contributed by atoms with Gasteiger partial charge in [-0.2, -0.15) is 0 Å². The molecule has 0 radical (unpaired) electrons. The van der Waals surface area contributed by atoms with Crippen molar-refractivity contribution in [2.75, 3.05) is 0 Å². The fourth-order valence-corrected chi connectivity index (χ4v) is 3.33. The molecule has 1 aliphatic heterocycles. The molecule has 1 amide bonds. The van der Waals surface area contributed by atoms with E-state index in [1.54, 1.807) is 6.07 Å². The largest absolute Gasteiger partial charge is 0.573 e. The topological polar surface area (TPSA) is 66.8 Å². The van der Waals surface area contributed by atoms with Gasteiger partial charge in [-0.25, -0.2) is 4.79 Å². The van der Waals surface area contributed by atoms with Crippen LogP contribution in [0.25, 0.3) is 0 Å². The summed E-state index contributed by atoms with van der Waals surface area (Å²) < 4.78 is 41.6. The molecular weight excluding hydrogens is 375 g/mol. The summed E-state index contributed by atoms with van der Waals surface area (Å²) in [4.78, 5) is 25.6. The molecule has 0 fully saturated rings. The highest BCUT2D eigenvalue weighted by molar-refractivity contribution is 5.84. The van der Waals surface area contributed by atoms with Crippen LogP contribution in [0.15, 0.2) is 48.5 Å². The predicted octanol–water partition coefficient (Wildman–Crippen LogP) is 3.56. The molecule has 5 nitrogen and oxygen atoms in total. The smallest absolute Gasteiger partial charge is 0.480 e. The Morgan fingerprint density at radius 2 is 1.71 bits per heavy atom. The lowest BCUT2D eigenvalue weighted by Crippen LogP contribution is -2.48. The molecule has 28 heavy (non-hydrogen) atoms. The minimum Gasteiger partial charge on any atom is -0.480 e. The third kappa shape index (κ3) is 4.62. The van der Waals surface area contributed by atoms with Gasteiger partial charge in [-0.05, 0) is 29.2 Å². The van der Waals surface area contributed by atoms with Gasteiger partial charge in [0.1, 0.15) is 11.8 Å². The number of hydrogen-bond donors (Lipinski definition) is 1. The van der Waals surface area contributed by atoms with E-state index in [1.807, 2.05) is 24.3 Å². The zero-order valence-electron chi connectivity index (χ0n) is 14.8. The highest BCUT2D eigenvalue weighted by Gasteiger charge is 2.35. The van der Waals surface area contributed by atoms with E-state index >= 15 is 0 Å². The number of ether oxygens (including phenoxy) is 1. The Hall–Kier alpha value is -3.03. The predicted molar refractivity (Wildman–Crippen MR) is 93.6 cm³/mol. The molecule has 0 aromatic heterocycles. The number of aryl methyl sites for hydroxylation is 1. The third-order valence-corrected chi connectivity index (χ3v) is 4.66. The number of amides is 1. The van der Waals surface area contributed by atoms with Crippen molar-refractivity contribution in [1.29, 1.82) is 0 Å². The van der Waals surface area contributed by atoms with Crippen molar-refractivity contribution >= 4 is 11.9 Å². The lowest BCUT2D eigenvalue weighted by Gasteiger charge is -2.34. The maximum atomic E-state index is 12.7. The van der Waals surface area contributed by atoms with Gasteiger partial charge in [0.05, 0.1) is 0 Å². The van der Waals surface area contributed by atoms with Gasteiger partial charge in [-0.1, -0.05) is 42.5 Å². The van der Waals surface area contributed by atoms with Crippen LogP contribution in [0.2, 0.25) is 0 Å². The molecule has 0 saturated heterocycles. The van der Waals surface area contributed by atoms with Gasteiger partial charge in [0, 0.05) is 19.4 Å². The van der Waals surface area contributed by atoms with Crippen molar-refractivity contribution in [3.63, 3.8) is 0 Å². The fourth-order valence-electron chi connectivity index (χ4n) is 3.33. The molecular formula is C20H18F3NO4. The third-order valence-electron chi connectivity index (χ3n) is 4.66. The molecule has 0 saturated carbocycles. The highest BCUT2D eigenvalue weighted by Crippen LogP contribution is 2.28. The maximum absolute atomic E-state index is 12.7. The molecule has 2 aromatic rings. The number of carbonyl (C=O) groups is 2. The normalized spacial score (nSPS) is 16.4. The molecule has 0 spiro atoms. The van der Waals surface area contributed by atoms with Gasteiger partial charge in [-0.15, -0.1) is 13.2 Å². The van der Waals surface area contributed by atoms with Crippen LogP contribution in [0.5, 0.6) is 5.75 Å². The Balaban J connectivity index is 1.73. The Morgan fingerprint density at radius 3 is 2.39 bits per heavy atom. The van der Waals surface area contributed by atoms with Gasteiger partial charge in [0.15, 0.2) is 0 Å². The number of alkyl halides is 3. The monoisotopic (exact) mass is 393 g/mol. The summed E-state index contributed by atoms with van der Waals surface area (Å²) in [6, 6.07) is 11.9. The summed E-state index contributed by atoms with van der Waals surface area (Å²) in [6.45, 7) is 0.159. The molecule has 0 aliphatic carbocycles. The van der Waals surface area contributed by atoms with Crippen LogP contribution in [-0.2, 0) is 29.0 Å². The quantitative estimate of drug-likeness (QED) is 0.844. The first kappa shape index (κ1) is 19.7. The van der Waals surface area contributed by atoms with Crippen LogP contribution in [0.3, 0.4) is 0 Å². The van der Waals surface area contributed by atoms with E-state index in [2.05, 4.69) is 4.74 Å². The van der Waals surface area contributed by atoms with E-state index in [1.165, 1.54) is 23.1 Å². The molecule has 1 atom stereocenters. The second-order valence-electron chi connectivity index (χ2n) is 6.50. The molecule has 1 unspecified atom stereocenters. The number of carboxylic acids is 1. The number of nitrogens with zero attached hydrogens (tertiary/aromatic N) is 1. The maximum Gasteiger partial charge on any atom is 0.573 e. The van der Waals surface area contributed by atoms with E-state index in [4.69, 9.17) is 0 Å². The second-order valence-corrected chi connectivity index (χ2v) is 6.50. The lowest BCUT2D eigenvalue weighted by molar-refractivity contribution is -0.274. The molecule has 1 heterocycles. The van der Waals surface area contributed by atoms with E-state index in [0.717, 1.165) is 11.1 Å². The Bertz CT molecular complexity index is 882. The van der Waals surface area contributed by atoms with Crippen molar-refractivity contribution < 1.29 is 32.6 Å². The van der Waals surface area contributed by atoms with E-state index in [9.17, 15) is 27.9 Å². The average molecular weight is 393 g/mol. The van der Waals surface area contributed by atoms with Crippen molar-refractivity contribution in [3.05, 3.63) is 65.2 Å². The Labute approximate surface area is 159 Å². The molecule has 0 bridgehead atoms. The van der Waals surface area contributed by atoms with Crippen molar-refractivity contribution in [1.82, 2.24) is 4.90 Å². The number of para-hydroxylation sites is 1. The van der Waals surface area contributed by atoms with Gasteiger partial charge in [0.25, 0.3) is 0 Å². The van der Waals surface area contributed by atoms with Crippen molar-refractivity contribution in [2.45, 2.75) is 38.2 Å². The van der Waals surface area contributed by atoms with Gasteiger partial charge < -0.3 is 14.7 Å². The Kier molecular flexibility index (Phi) is 5.58. The van der Waals surface area contributed by atoms with Crippen LogP contribution in [0.4, 0.5) is 13.2 Å². The molecule has 1 N–H and O–H groups in total. The minimum atomic E-state index is -4.83. The number of carbonyl (C=O) groups excluding carboxylic acids is 1. The number of rotatable bonds is 5. The average Bonchev–Trinajstić information content (AvgIpc) is 2.64. The molecule has 2 aromatic carbocycles. The van der Waals surface area contributed by atoms with Crippen LogP contribution >= 0.6 is 0 Å². The summed E-state index contributed by atoms with van der Waals surface area (Å²) in [5.74, 6) is -1.89. The van der Waals surface area contributed by atoms with Gasteiger partial charge in [0.2, 0.25) is 5.91 Å². The second kappa shape index (κ2) is 7.92. The van der Waals surface area contributed by atoms with Crippen LogP contribution in [-0.4, -0.2) is 34.3 Å². The number of carboxylic acid groups (broad SMARTS) is 1. The number of benzene rings is 2. The number of fused-ring (bicyclic) bond motifs is 1. The summed E-state index contributed by atoms with van der Waals surface area (Å²) in [7, 11) is 0. The fraction of sp³-hybridized carbons (Fsp3) is 0.300. The summed E-state index contributed by atoms with van der Waals surface area (Å²) in [6.07, 6.45) is -4.74. The van der Waals surface area contributed by atoms with Gasteiger partial charge >= 0.3 is 12.3 Å². The first-order valence-corrected chi connectivity index (χ1v) is 8.67. The highest BCUT2D eigenvalue weighted by atomic mass is 19.4. The van der Waals surface area contributed by atoms with E-state index in [0.29, 0.717) is 0 Å². The standard InChI is InChI=1S/C20H18F3NO4/c21-20(22,23)28-17-8-4-3-5-13(17)9-10-18(25)24-12-15-7-2-1-6-14(15)11-16(24)19(26)27/h1-8,16H,9-12H2,(H,26,27). The van der Waals surface area contributed by atoms with Crippen molar-refractivity contribution in [2.24, 2.45) is 0 Å². The SMILES string of the molecule is O=C(O)C1Cc2ccccc2CN1C(=O)CCc1ccccc1OC(F)(F)F. The first-order chi connectivity index (χ1) is 13.2. The van der Waals surface area contributed by atoms with E-state index < -0.39 is 24.3 Å². The zero-order valence-corrected chi connectivity index (χ0v) is 14.8. The Morgan fingerprint density at radius 1 is 1.07 bits per heavy atom. The number of halogens is 3. The summed E-state index contributed by atoms with van der Waals surface area (Å²) in [5.41, 5.74) is 1.98. The van der Waals surface area contributed by atoms with Crippen molar-refractivity contribution in [3.8, 4) is 5.75 Å². The van der Waals surface area contributed by atoms with Crippen LogP contribution < -0.4 is 4.74 Å². The molecule has 8 heteroatoms. The zero-order chi connectivity index (χ0) is 20.3. The first-order valence-electron chi connectivity index (χ1n) is 8.67. The lowest BCUT2D eigenvalue weighted by atomic mass is 9.93. The van der Waals surface area contributed by atoms with Crippen LogP contribution in [0.1, 0.15) is 23.1 Å². The minimum absolute atomic E-state index is 0.00950.